The first-order chi connectivity index (χ1) is 14.4. The number of fused-ring (bicyclic) bond motifs is 3. The first kappa shape index (κ1) is 20.5. The minimum Gasteiger partial charge on any atom is -0.493 e. The molecule has 4 rings (SSSR count). The maximum Gasteiger partial charge on any atom is 0.248 e. The summed E-state index contributed by atoms with van der Waals surface area (Å²) in [6, 6.07) is 12.3. The summed E-state index contributed by atoms with van der Waals surface area (Å²) in [4.78, 5) is 14.9. The Morgan fingerprint density at radius 2 is 2.00 bits per heavy atom. The molecule has 5 nitrogen and oxygen atoms in total. The molecule has 0 aromatic heterocycles. The van der Waals surface area contributed by atoms with Gasteiger partial charge in [0.15, 0.2) is 0 Å². The van der Waals surface area contributed by atoms with Crippen LogP contribution in [0.15, 0.2) is 47.6 Å². The van der Waals surface area contributed by atoms with E-state index in [-0.39, 0.29) is 17.6 Å². The van der Waals surface area contributed by atoms with Crippen molar-refractivity contribution < 1.29 is 13.9 Å². The summed E-state index contributed by atoms with van der Waals surface area (Å²) in [5.74, 6) is 0.939. The fourth-order valence-electron chi connectivity index (χ4n) is 4.29. The van der Waals surface area contributed by atoms with Crippen LogP contribution in [-0.2, 0) is 11.2 Å². The van der Waals surface area contributed by atoms with E-state index in [1.165, 1.54) is 11.1 Å². The summed E-state index contributed by atoms with van der Waals surface area (Å²) in [5.41, 5.74) is 3.44. The number of carbonyl (C=O) groups excluding carboxylic acids is 1. The van der Waals surface area contributed by atoms with Crippen molar-refractivity contribution in [1.29, 1.82) is 0 Å². The van der Waals surface area contributed by atoms with E-state index in [1.54, 1.807) is 6.07 Å². The second kappa shape index (κ2) is 8.56. The number of amides is 1. The van der Waals surface area contributed by atoms with E-state index in [1.807, 2.05) is 44.4 Å². The molecule has 158 valence electrons. The van der Waals surface area contributed by atoms with E-state index in [0.717, 1.165) is 42.0 Å². The second-order valence-corrected chi connectivity index (χ2v) is 8.60. The van der Waals surface area contributed by atoms with Gasteiger partial charge in [0.1, 0.15) is 11.6 Å². The fourth-order valence-corrected chi connectivity index (χ4v) is 4.29. The van der Waals surface area contributed by atoms with Crippen molar-refractivity contribution >= 4 is 17.3 Å². The van der Waals surface area contributed by atoms with Crippen LogP contribution in [0.2, 0.25) is 0 Å². The van der Waals surface area contributed by atoms with Gasteiger partial charge in [-0.15, -0.1) is 0 Å². The molecule has 2 aromatic carbocycles. The van der Waals surface area contributed by atoms with Gasteiger partial charge in [0.25, 0.3) is 0 Å². The molecule has 0 bridgehead atoms. The van der Waals surface area contributed by atoms with Crippen molar-refractivity contribution in [1.82, 2.24) is 4.90 Å². The Bertz CT molecular complexity index is 955. The van der Waals surface area contributed by atoms with Gasteiger partial charge in [0, 0.05) is 30.4 Å². The predicted molar refractivity (Wildman–Crippen MR) is 117 cm³/mol. The summed E-state index contributed by atoms with van der Waals surface area (Å²) in [6.45, 7) is 3.74. The van der Waals surface area contributed by atoms with E-state index in [4.69, 9.17) is 4.74 Å². The molecule has 1 aliphatic carbocycles. The summed E-state index contributed by atoms with van der Waals surface area (Å²) in [7, 11) is 4.10. The number of hydrogen-bond donors (Lipinski definition) is 0. The molecular formula is C24H28FN3O2. The van der Waals surface area contributed by atoms with Gasteiger partial charge in [-0.2, -0.15) is 5.10 Å². The van der Waals surface area contributed by atoms with Crippen molar-refractivity contribution in [3.63, 3.8) is 0 Å². The van der Waals surface area contributed by atoms with E-state index in [9.17, 15) is 9.18 Å². The molecule has 0 saturated heterocycles. The van der Waals surface area contributed by atoms with Gasteiger partial charge in [-0.1, -0.05) is 13.0 Å². The van der Waals surface area contributed by atoms with Gasteiger partial charge >= 0.3 is 0 Å². The van der Waals surface area contributed by atoms with Crippen LogP contribution in [0.5, 0.6) is 5.75 Å². The van der Waals surface area contributed by atoms with Crippen LogP contribution in [0, 0.1) is 17.7 Å². The third-order valence-corrected chi connectivity index (χ3v) is 5.65. The molecule has 2 unspecified atom stereocenters. The predicted octanol–water partition coefficient (Wildman–Crippen LogP) is 4.11. The highest BCUT2D eigenvalue weighted by Crippen LogP contribution is 2.34. The number of aryl methyl sites for hydroxylation is 1. The zero-order valence-electron chi connectivity index (χ0n) is 17.8. The van der Waals surface area contributed by atoms with E-state index < -0.39 is 0 Å². The van der Waals surface area contributed by atoms with Gasteiger partial charge < -0.3 is 9.64 Å². The van der Waals surface area contributed by atoms with Crippen LogP contribution in [0.1, 0.15) is 30.9 Å². The van der Waals surface area contributed by atoms with Gasteiger partial charge in [-0.25, -0.2) is 9.40 Å². The number of rotatable bonds is 6. The first-order valence-corrected chi connectivity index (χ1v) is 10.5. The summed E-state index contributed by atoms with van der Waals surface area (Å²) in [5, 5.41) is 6.11. The Labute approximate surface area is 177 Å². The van der Waals surface area contributed by atoms with Gasteiger partial charge in [-0.05, 0) is 68.9 Å². The number of benzene rings is 2. The summed E-state index contributed by atoms with van der Waals surface area (Å²) >= 11 is 0. The maximum atomic E-state index is 13.8. The summed E-state index contributed by atoms with van der Waals surface area (Å²) in [6.07, 6.45) is 2.12. The Morgan fingerprint density at radius 1 is 1.23 bits per heavy atom. The number of carbonyl (C=O) groups is 1. The average molecular weight is 410 g/mol. The number of nitrogens with zero attached hydrogens (tertiary/aromatic N) is 3. The molecule has 0 saturated carbocycles. The molecule has 0 fully saturated rings. The molecule has 0 spiro atoms. The van der Waals surface area contributed by atoms with Crippen molar-refractivity contribution in [2.75, 3.05) is 32.3 Å². The standard InChI is InChI=1S/C24H28FN3O2/c1-16(14-27(2)3)15-30-21-10-8-20(9-11-21)28-23(29)12-18-5-4-17-6-7-19(25)13-22(17)24(18)26-28/h6-11,13,16,18H,4-5,12,14-15H2,1-3H3. The highest BCUT2D eigenvalue weighted by atomic mass is 19.1. The molecule has 1 heterocycles. The molecule has 2 aromatic rings. The van der Waals surface area contributed by atoms with E-state index >= 15 is 0 Å². The molecule has 2 atom stereocenters. The Balaban J connectivity index is 1.53. The minimum atomic E-state index is -0.273. The van der Waals surface area contributed by atoms with E-state index in [0.29, 0.717) is 24.6 Å². The molecule has 0 radical (unpaired) electrons. The Kier molecular flexibility index (Phi) is 5.86. The lowest BCUT2D eigenvalue weighted by molar-refractivity contribution is -0.119. The second-order valence-electron chi connectivity index (χ2n) is 8.60. The molecule has 1 aliphatic heterocycles. The van der Waals surface area contributed by atoms with Crippen LogP contribution in [-0.4, -0.2) is 43.8 Å². The highest BCUT2D eigenvalue weighted by Gasteiger charge is 2.34. The van der Waals surface area contributed by atoms with Crippen molar-refractivity contribution in [3.8, 4) is 5.75 Å². The zero-order chi connectivity index (χ0) is 21.3. The Hall–Kier alpha value is -2.73. The lowest BCUT2D eigenvalue weighted by Gasteiger charge is -2.33. The monoisotopic (exact) mass is 409 g/mol. The fraction of sp³-hybridized carbons (Fsp3) is 0.417. The van der Waals surface area contributed by atoms with Crippen molar-refractivity contribution in [2.24, 2.45) is 16.9 Å². The van der Waals surface area contributed by atoms with Crippen LogP contribution in [0.25, 0.3) is 0 Å². The molecule has 1 amide bonds. The highest BCUT2D eigenvalue weighted by molar-refractivity contribution is 6.11. The van der Waals surface area contributed by atoms with Gasteiger partial charge in [0.2, 0.25) is 5.91 Å². The van der Waals surface area contributed by atoms with Gasteiger partial charge in [0.05, 0.1) is 18.0 Å². The molecule has 30 heavy (non-hydrogen) atoms. The molecular weight excluding hydrogens is 381 g/mol. The average Bonchev–Trinajstić information content (AvgIpc) is 2.71. The third kappa shape index (κ3) is 4.38. The normalized spacial score (nSPS) is 19.2. The lowest BCUT2D eigenvalue weighted by atomic mass is 9.79. The number of halogens is 1. The number of ether oxygens (including phenoxy) is 1. The number of anilines is 1. The van der Waals surface area contributed by atoms with Crippen LogP contribution >= 0.6 is 0 Å². The van der Waals surface area contributed by atoms with Crippen LogP contribution < -0.4 is 9.75 Å². The van der Waals surface area contributed by atoms with Crippen molar-refractivity contribution in [2.45, 2.75) is 26.2 Å². The minimum absolute atomic E-state index is 0.0307. The molecule has 6 heteroatoms. The van der Waals surface area contributed by atoms with Crippen LogP contribution in [0.4, 0.5) is 10.1 Å². The quantitative estimate of drug-likeness (QED) is 0.721. The molecule has 2 aliphatic rings. The maximum absolute atomic E-state index is 13.8. The SMILES string of the molecule is CC(COc1ccc(N2N=C3c4cc(F)ccc4CCC3CC2=O)cc1)CN(C)C. The number of hydrazone groups is 1. The van der Waals surface area contributed by atoms with E-state index in [2.05, 4.69) is 16.9 Å². The smallest absolute Gasteiger partial charge is 0.248 e. The third-order valence-electron chi connectivity index (χ3n) is 5.65. The molecule has 0 N–H and O–H groups in total. The largest absolute Gasteiger partial charge is 0.493 e. The van der Waals surface area contributed by atoms with Crippen molar-refractivity contribution in [3.05, 3.63) is 59.4 Å². The first-order valence-electron chi connectivity index (χ1n) is 10.5. The van der Waals surface area contributed by atoms with Crippen LogP contribution in [0.3, 0.4) is 0 Å². The topological polar surface area (TPSA) is 45.1 Å². The van der Waals surface area contributed by atoms with Gasteiger partial charge in [-0.3, -0.25) is 4.79 Å². The number of hydrogen-bond acceptors (Lipinski definition) is 4. The lowest BCUT2D eigenvalue weighted by Crippen LogP contribution is -2.39. The summed E-state index contributed by atoms with van der Waals surface area (Å²) < 4.78 is 19.7. The Morgan fingerprint density at radius 3 is 2.73 bits per heavy atom. The zero-order valence-corrected chi connectivity index (χ0v) is 17.8.